The Balaban J connectivity index is 4.25. The minimum Gasteiger partial charge on any atom is -0.347 e. The van der Waals surface area contributed by atoms with Gasteiger partial charge in [-0.15, -0.1) is 0 Å². The van der Waals surface area contributed by atoms with Crippen molar-refractivity contribution in [1.82, 2.24) is 9.80 Å². The molecule has 4 heteroatoms. The average molecular weight is 171 g/mol. The van der Waals surface area contributed by atoms with Crippen LogP contribution in [0.15, 0.2) is 0 Å². The second-order valence-corrected chi connectivity index (χ2v) is 2.79. The molecule has 12 heavy (non-hydrogen) atoms. The van der Waals surface area contributed by atoms with Crippen molar-refractivity contribution in [3.8, 4) is 0 Å². The van der Waals surface area contributed by atoms with Gasteiger partial charge in [0.15, 0.2) is 0 Å². The van der Waals surface area contributed by atoms with Gasteiger partial charge in [-0.25, -0.2) is 0 Å². The number of rotatable bonds is 4. The Hall–Kier alpha value is -1.06. The van der Waals surface area contributed by atoms with Gasteiger partial charge in [0.2, 0.25) is 5.91 Å². The van der Waals surface area contributed by atoms with Crippen molar-refractivity contribution in [3.63, 3.8) is 0 Å². The highest BCUT2D eigenvalue weighted by molar-refractivity contribution is 5.82. The van der Waals surface area contributed by atoms with Gasteiger partial charge in [0.1, 0.15) is 6.04 Å². The quantitative estimate of drug-likeness (QED) is 0.552. The molecule has 1 radical (unpaired) electrons. The summed E-state index contributed by atoms with van der Waals surface area (Å²) in [4.78, 5) is 24.4. The Morgan fingerprint density at radius 3 is 2.25 bits per heavy atom. The SMILES string of the molecule is CCN([C]=O)C(C)C(=O)N(C)C. The fourth-order valence-electron chi connectivity index (χ4n) is 0.924. The van der Waals surface area contributed by atoms with Crippen LogP contribution in [0.5, 0.6) is 0 Å². The molecule has 0 rings (SSSR count). The molecular formula is C8H15N2O2. The number of carbonyl (C=O) groups is 1. The van der Waals surface area contributed by atoms with Gasteiger partial charge in [-0.05, 0) is 13.8 Å². The summed E-state index contributed by atoms with van der Waals surface area (Å²) in [6, 6.07) is -0.414. The van der Waals surface area contributed by atoms with E-state index in [1.165, 1.54) is 9.80 Å². The average Bonchev–Trinajstić information content (AvgIpc) is 2.05. The number of carbonyl (C=O) groups excluding carboxylic acids is 2. The summed E-state index contributed by atoms with van der Waals surface area (Å²) < 4.78 is 0. The summed E-state index contributed by atoms with van der Waals surface area (Å²) >= 11 is 0. The van der Waals surface area contributed by atoms with Gasteiger partial charge in [-0.1, -0.05) is 0 Å². The van der Waals surface area contributed by atoms with E-state index in [0.29, 0.717) is 6.54 Å². The maximum atomic E-state index is 11.3. The largest absolute Gasteiger partial charge is 0.347 e. The zero-order valence-corrected chi connectivity index (χ0v) is 8.00. The van der Waals surface area contributed by atoms with Crippen molar-refractivity contribution in [2.75, 3.05) is 20.6 Å². The molecule has 69 valence electrons. The molecule has 0 aromatic rings. The maximum absolute atomic E-state index is 11.3. The smallest absolute Gasteiger partial charge is 0.312 e. The minimum absolute atomic E-state index is 0.0831. The van der Waals surface area contributed by atoms with Crippen LogP contribution in [-0.4, -0.2) is 48.8 Å². The molecule has 0 aromatic carbocycles. The van der Waals surface area contributed by atoms with Crippen LogP contribution in [0.25, 0.3) is 0 Å². The predicted octanol–water partition coefficient (Wildman–Crippen LogP) is -0.148. The predicted molar refractivity (Wildman–Crippen MR) is 46.2 cm³/mol. The van der Waals surface area contributed by atoms with Crippen LogP contribution in [0.3, 0.4) is 0 Å². The first kappa shape index (κ1) is 10.9. The van der Waals surface area contributed by atoms with E-state index in [0.717, 1.165) is 0 Å². The summed E-state index contributed by atoms with van der Waals surface area (Å²) in [5.41, 5.74) is 0. The number of hydrogen-bond donors (Lipinski definition) is 0. The Labute approximate surface area is 73.1 Å². The lowest BCUT2D eigenvalue weighted by Gasteiger charge is -2.24. The van der Waals surface area contributed by atoms with Crippen LogP contribution in [0.1, 0.15) is 13.8 Å². The van der Waals surface area contributed by atoms with Crippen LogP contribution in [0.4, 0.5) is 0 Å². The summed E-state index contributed by atoms with van der Waals surface area (Å²) in [5.74, 6) is -0.0831. The topological polar surface area (TPSA) is 40.6 Å². The third kappa shape index (κ3) is 2.53. The molecule has 0 aliphatic carbocycles. The summed E-state index contributed by atoms with van der Waals surface area (Å²) in [7, 11) is 3.33. The van der Waals surface area contributed by atoms with Crippen LogP contribution in [-0.2, 0) is 9.59 Å². The van der Waals surface area contributed by atoms with E-state index in [1.807, 2.05) is 6.92 Å². The number of hydrogen-bond acceptors (Lipinski definition) is 2. The molecule has 0 spiro atoms. The summed E-state index contributed by atoms with van der Waals surface area (Å²) in [6.45, 7) is 4.01. The van der Waals surface area contributed by atoms with E-state index in [-0.39, 0.29) is 5.91 Å². The van der Waals surface area contributed by atoms with Gasteiger partial charge < -0.3 is 9.80 Å². The molecule has 0 aliphatic rings. The molecular weight excluding hydrogens is 156 g/mol. The zero-order chi connectivity index (χ0) is 9.72. The monoisotopic (exact) mass is 171 g/mol. The molecule has 0 aliphatic heterocycles. The first-order valence-corrected chi connectivity index (χ1v) is 3.90. The first-order valence-electron chi connectivity index (χ1n) is 3.90. The highest BCUT2D eigenvalue weighted by atomic mass is 16.2. The van der Waals surface area contributed by atoms with Crippen molar-refractivity contribution in [1.29, 1.82) is 0 Å². The van der Waals surface area contributed by atoms with Crippen molar-refractivity contribution in [2.24, 2.45) is 0 Å². The third-order valence-electron chi connectivity index (χ3n) is 1.72. The molecule has 1 atom stereocenters. The van der Waals surface area contributed by atoms with Crippen LogP contribution in [0.2, 0.25) is 0 Å². The highest BCUT2D eigenvalue weighted by Gasteiger charge is 2.20. The molecule has 0 heterocycles. The van der Waals surface area contributed by atoms with Gasteiger partial charge in [-0.3, -0.25) is 9.59 Å². The third-order valence-corrected chi connectivity index (χ3v) is 1.72. The molecule has 2 amide bonds. The standard InChI is InChI=1S/C8H15N2O2/c1-5-10(6-11)7(2)8(12)9(3)4/h7H,5H2,1-4H3. The minimum atomic E-state index is -0.414. The maximum Gasteiger partial charge on any atom is 0.312 e. The lowest BCUT2D eigenvalue weighted by Crippen LogP contribution is -2.43. The Morgan fingerprint density at radius 1 is 1.50 bits per heavy atom. The van der Waals surface area contributed by atoms with Gasteiger partial charge in [0, 0.05) is 20.6 Å². The van der Waals surface area contributed by atoms with Crippen molar-refractivity contribution >= 4 is 12.3 Å². The molecule has 0 saturated carbocycles. The van der Waals surface area contributed by atoms with Crippen LogP contribution < -0.4 is 0 Å². The van der Waals surface area contributed by atoms with E-state index >= 15 is 0 Å². The molecule has 0 fully saturated rings. The van der Waals surface area contributed by atoms with Gasteiger partial charge in [-0.2, -0.15) is 0 Å². The fourth-order valence-corrected chi connectivity index (χ4v) is 0.924. The van der Waals surface area contributed by atoms with Crippen molar-refractivity contribution in [2.45, 2.75) is 19.9 Å². The zero-order valence-electron chi connectivity index (χ0n) is 8.00. The van der Waals surface area contributed by atoms with E-state index in [2.05, 4.69) is 0 Å². The Morgan fingerprint density at radius 2 is 2.00 bits per heavy atom. The normalized spacial score (nSPS) is 12.0. The number of likely N-dealkylation sites (N-methyl/N-ethyl adjacent to an activating group) is 2. The Bertz CT molecular complexity index is 168. The van der Waals surface area contributed by atoms with E-state index in [4.69, 9.17) is 0 Å². The number of amides is 2. The first-order chi connectivity index (χ1) is 5.54. The van der Waals surface area contributed by atoms with Gasteiger partial charge in [0.25, 0.3) is 0 Å². The molecule has 0 aromatic heterocycles. The molecule has 0 bridgehead atoms. The molecule has 0 N–H and O–H groups in total. The number of nitrogens with zero attached hydrogens (tertiary/aromatic N) is 2. The van der Waals surface area contributed by atoms with E-state index < -0.39 is 6.04 Å². The fraction of sp³-hybridized carbons (Fsp3) is 0.750. The van der Waals surface area contributed by atoms with Crippen LogP contribution >= 0.6 is 0 Å². The molecule has 0 saturated heterocycles. The van der Waals surface area contributed by atoms with E-state index in [9.17, 15) is 9.59 Å². The van der Waals surface area contributed by atoms with Gasteiger partial charge >= 0.3 is 6.41 Å². The second-order valence-electron chi connectivity index (χ2n) is 2.79. The summed E-state index contributed by atoms with van der Waals surface area (Å²) in [5, 5.41) is 0. The second kappa shape index (κ2) is 4.74. The highest BCUT2D eigenvalue weighted by Crippen LogP contribution is 1.98. The van der Waals surface area contributed by atoms with Crippen LogP contribution in [0, 0.1) is 0 Å². The lowest BCUT2D eigenvalue weighted by atomic mass is 10.2. The Kier molecular flexibility index (Phi) is 4.33. The van der Waals surface area contributed by atoms with Crippen molar-refractivity contribution < 1.29 is 9.59 Å². The van der Waals surface area contributed by atoms with E-state index in [1.54, 1.807) is 27.4 Å². The summed E-state index contributed by atoms with van der Waals surface area (Å²) in [6.07, 6.45) is 1.72. The lowest BCUT2D eigenvalue weighted by molar-refractivity contribution is -0.132. The molecule has 4 nitrogen and oxygen atoms in total. The van der Waals surface area contributed by atoms with Crippen molar-refractivity contribution in [3.05, 3.63) is 0 Å². The molecule has 1 unspecified atom stereocenters. The van der Waals surface area contributed by atoms with Gasteiger partial charge in [0.05, 0.1) is 0 Å².